The van der Waals surface area contributed by atoms with Crippen LogP contribution in [0.3, 0.4) is 0 Å². The van der Waals surface area contributed by atoms with E-state index < -0.39 is 11.7 Å². The van der Waals surface area contributed by atoms with E-state index in [1.165, 1.54) is 0 Å². The van der Waals surface area contributed by atoms with Crippen molar-refractivity contribution < 1.29 is 13.9 Å². The first-order valence-corrected chi connectivity index (χ1v) is 6.23. The molecule has 1 aromatic rings. The van der Waals surface area contributed by atoms with E-state index in [-0.39, 0.29) is 23.0 Å². The summed E-state index contributed by atoms with van der Waals surface area (Å²) in [6, 6.07) is 1.10. The Balaban J connectivity index is 2.06. The van der Waals surface area contributed by atoms with Crippen molar-refractivity contribution in [3.8, 4) is 0 Å². The molecule has 0 bridgehead atoms. The molecule has 19 heavy (non-hydrogen) atoms. The third kappa shape index (κ3) is 3.41. The first kappa shape index (κ1) is 13.7. The van der Waals surface area contributed by atoms with Crippen molar-refractivity contribution in [3.63, 3.8) is 0 Å². The number of nitrogens with two attached hydrogens (primary N) is 1. The average molecular weight is 267 g/mol. The highest BCUT2D eigenvalue weighted by molar-refractivity contribution is 5.98. The molecule has 1 aromatic heterocycles. The molecular formula is C13H18FN3O2. The highest BCUT2D eigenvalue weighted by Crippen LogP contribution is 2.24. The number of hydrogen-bond donors (Lipinski definition) is 2. The molecule has 1 aliphatic heterocycles. The summed E-state index contributed by atoms with van der Waals surface area (Å²) >= 11 is 0. The second kappa shape index (κ2) is 5.13. The van der Waals surface area contributed by atoms with Crippen LogP contribution in [0.15, 0.2) is 12.3 Å². The summed E-state index contributed by atoms with van der Waals surface area (Å²) in [5, 5.41) is 2.85. The van der Waals surface area contributed by atoms with Gasteiger partial charge in [-0.1, -0.05) is 0 Å². The molecule has 0 aromatic carbocycles. The third-order valence-electron chi connectivity index (χ3n) is 3.16. The van der Waals surface area contributed by atoms with Gasteiger partial charge >= 0.3 is 0 Å². The number of ether oxygens (including phenoxy) is 1. The number of nitrogens with one attached hydrogen (secondary N) is 1. The second-order valence-electron chi connectivity index (χ2n) is 5.36. The molecule has 1 unspecified atom stereocenters. The summed E-state index contributed by atoms with van der Waals surface area (Å²) in [7, 11) is 0. The number of rotatable bonds is 2. The Bertz CT molecular complexity index is 491. The fourth-order valence-corrected chi connectivity index (χ4v) is 2.25. The van der Waals surface area contributed by atoms with Gasteiger partial charge in [0.25, 0.3) is 5.91 Å². The fourth-order valence-electron chi connectivity index (χ4n) is 2.25. The van der Waals surface area contributed by atoms with Crippen molar-refractivity contribution in [2.24, 2.45) is 0 Å². The lowest BCUT2D eigenvalue weighted by molar-refractivity contribution is -0.0615. The topological polar surface area (TPSA) is 77.2 Å². The van der Waals surface area contributed by atoms with Crippen LogP contribution in [0.2, 0.25) is 0 Å². The maximum atomic E-state index is 13.1. The lowest BCUT2D eigenvalue weighted by Gasteiger charge is -2.35. The molecular weight excluding hydrogens is 249 g/mol. The molecule has 1 aliphatic rings. The van der Waals surface area contributed by atoms with Crippen molar-refractivity contribution in [1.29, 1.82) is 0 Å². The standard InChI is InChI=1S/C13H18FN3O2/c1-13(2)6-9(3-4-19-13)17-12(18)10-5-8(14)7-16-11(10)15/h5,7,9H,3-4,6H2,1-2H3,(H2,15,16)(H,17,18). The van der Waals surface area contributed by atoms with Crippen LogP contribution in [-0.4, -0.2) is 29.1 Å². The molecule has 1 amide bonds. The van der Waals surface area contributed by atoms with Crippen molar-refractivity contribution in [2.75, 3.05) is 12.3 Å². The molecule has 2 rings (SSSR count). The maximum absolute atomic E-state index is 13.1. The van der Waals surface area contributed by atoms with Gasteiger partial charge in [-0.3, -0.25) is 4.79 Å². The van der Waals surface area contributed by atoms with Gasteiger partial charge in [0.05, 0.1) is 17.4 Å². The number of amides is 1. The Morgan fingerprint density at radius 2 is 2.37 bits per heavy atom. The Morgan fingerprint density at radius 3 is 3.05 bits per heavy atom. The molecule has 1 atom stereocenters. The molecule has 0 aliphatic carbocycles. The minimum Gasteiger partial charge on any atom is -0.383 e. The minimum absolute atomic E-state index is 0.00100. The van der Waals surface area contributed by atoms with Crippen LogP contribution >= 0.6 is 0 Å². The monoisotopic (exact) mass is 267 g/mol. The number of carbonyl (C=O) groups is 1. The van der Waals surface area contributed by atoms with Gasteiger partial charge in [0.1, 0.15) is 11.6 Å². The quantitative estimate of drug-likeness (QED) is 0.851. The molecule has 6 heteroatoms. The Hall–Kier alpha value is -1.69. The van der Waals surface area contributed by atoms with Gasteiger partial charge in [0, 0.05) is 12.6 Å². The van der Waals surface area contributed by atoms with Crippen molar-refractivity contribution in [1.82, 2.24) is 10.3 Å². The summed E-state index contributed by atoms with van der Waals surface area (Å²) in [5.74, 6) is -0.941. The molecule has 3 N–H and O–H groups in total. The van der Waals surface area contributed by atoms with Crippen LogP contribution in [0.5, 0.6) is 0 Å². The zero-order chi connectivity index (χ0) is 14.0. The number of pyridine rings is 1. The van der Waals surface area contributed by atoms with E-state index in [4.69, 9.17) is 10.5 Å². The van der Waals surface area contributed by atoms with Crippen LogP contribution in [0.1, 0.15) is 37.0 Å². The van der Waals surface area contributed by atoms with Gasteiger partial charge in [-0.05, 0) is 32.8 Å². The number of nitrogens with zero attached hydrogens (tertiary/aromatic N) is 1. The third-order valence-corrected chi connectivity index (χ3v) is 3.16. The summed E-state index contributed by atoms with van der Waals surface area (Å²) in [6.07, 6.45) is 2.43. The predicted octanol–water partition coefficient (Wildman–Crippen LogP) is 1.49. The lowest BCUT2D eigenvalue weighted by Crippen LogP contribution is -2.46. The van der Waals surface area contributed by atoms with E-state index in [2.05, 4.69) is 10.3 Å². The Labute approximate surface area is 111 Å². The van der Waals surface area contributed by atoms with E-state index in [1.807, 2.05) is 13.8 Å². The number of anilines is 1. The number of halogens is 1. The van der Waals surface area contributed by atoms with Crippen molar-refractivity contribution in [2.45, 2.75) is 38.3 Å². The number of aromatic nitrogens is 1. The number of hydrogen-bond acceptors (Lipinski definition) is 4. The van der Waals surface area contributed by atoms with E-state index in [0.717, 1.165) is 18.7 Å². The Morgan fingerprint density at radius 1 is 1.63 bits per heavy atom. The van der Waals surface area contributed by atoms with Gasteiger partial charge in [-0.2, -0.15) is 0 Å². The largest absolute Gasteiger partial charge is 0.383 e. The SMILES string of the molecule is CC1(C)CC(NC(=O)c2cc(F)cnc2N)CCO1. The van der Waals surface area contributed by atoms with Gasteiger partial charge < -0.3 is 15.8 Å². The molecule has 2 heterocycles. The van der Waals surface area contributed by atoms with Crippen molar-refractivity contribution in [3.05, 3.63) is 23.6 Å². The first-order chi connectivity index (χ1) is 8.87. The molecule has 104 valence electrons. The summed E-state index contributed by atoms with van der Waals surface area (Å²) in [4.78, 5) is 15.7. The number of carbonyl (C=O) groups excluding carboxylic acids is 1. The zero-order valence-electron chi connectivity index (χ0n) is 11.1. The molecule has 0 saturated carbocycles. The van der Waals surface area contributed by atoms with Crippen LogP contribution in [0.25, 0.3) is 0 Å². The normalized spacial score (nSPS) is 21.9. The predicted molar refractivity (Wildman–Crippen MR) is 69.1 cm³/mol. The van der Waals surface area contributed by atoms with E-state index in [9.17, 15) is 9.18 Å². The maximum Gasteiger partial charge on any atom is 0.255 e. The molecule has 1 saturated heterocycles. The first-order valence-electron chi connectivity index (χ1n) is 6.23. The lowest BCUT2D eigenvalue weighted by atomic mass is 9.94. The van der Waals surface area contributed by atoms with Gasteiger partial charge in [-0.15, -0.1) is 0 Å². The second-order valence-corrected chi connectivity index (χ2v) is 5.36. The van der Waals surface area contributed by atoms with E-state index >= 15 is 0 Å². The smallest absolute Gasteiger partial charge is 0.255 e. The van der Waals surface area contributed by atoms with Crippen molar-refractivity contribution >= 4 is 11.7 Å². The molecule has 0 spiro atoms. The summed E-state index contributed by atoms with van der Waals surface area (Å²) in [5.41, 5.74) is 5.40. The highest BCUT2D eigenvalue weighted by atomic mass is 19.1. The molecule has 1 fully saturated rings. The van der Waals surface area contributed by atoms with Gasteiger partial charge in [0.2, 0.25) is 0 Å². The highest BCUT2D eigenvalue weighted by Gasteiger charge is 2.30. The summed E-state index contributed by atoms with van der Waals surface area (Å²) < 4.78 is 18.7. The van der Waals surface area contributed by atoms with Crippen LogP contribution in [0, 0.1) is 5.82 Å². The van der Waals surface area contributed by atoms with Gasteiger partial charge in [0.15, 0.2) is 0 Å². The van der Waals surface area contributed by atoms with E-state index in [1.54, 1.807) is 0 Å². The van der Waals surface area contributed by atoms with Crippen LogP contribution in [0.4, 0.5) is 10.2 Å². The van der Waals surface area contributed by atoms with Crippen LogP contribution < -0.4 is 11.1 Å². The average Bonchev–Trinajstić information content (AvgIpc) is 2.31. The van der Waals surface area contributed by atoms with Gasteiger partial charge in [-0.25, -0.2) is 9.37 Å². The molecule has 5 nitrogen and oxygen atoms in total. The minimum atomic E-state index is -0.577. The molecule has 0 radical (unpaired) electrons. The number of nitrogen functional groups attached to an aromatic ring is 1. The summed E-state index contributed by atoms with van der Waals surface area (Å²) in [6.45, 7) is 4.54. The van der Waals surface area contributed by atoms with Crippen LogP contribution in [-0.2, 0) is 4.74 Å². The zero-order valence-corrected chi connectivity index (χ0v) is 11.1. The Kier molecular flexibility index (Phi) is 3.71. The van der Waals surface area contributed by atoms with E-state index in [0.29, 0.717) is 13.0 Å². The fraction of sp³-hybridized carbons (Fsp3) is 0.538.